The summed E-state index contributed by atoms with van der Waals surface area (Å²) >= 11 is 0. The van der Waals surface area contributed by atoms with E-state index in [1.807, 2.05) is 0 Å². The molecule has 0 bridgehead atoms. The van der Waals surface area contributed by atoms with Gasteiger partial charge in [-0.15, -0.1) is 0 Å². The predicted molar refractivity (Wildman–Crippen MR) is 39.5 cm³/mol. The fourth-order valence-corrected chi connectivity index (χ4v) is 0. The molecule has 4 nitrogen and oxygen atoms in total. The van der Waals surface area contributed by atoms with E-state index in [1.54, 1.807) is 0 Å². The van der Waals surface area contributed by atoms with Gasteiger partial charge in [0.15, 0.2) is 0 Å². The second-order valence-electron chi connectivity index (χ2n) is 2.44. The topological polar surface area (TPSA) is 74.6 Å². The zero-order valence-electron chi connectivity index (χ0n) is 10.7. The molecule has 0 aromatic carbocycles. The van der Waals surface area contributed by atoms with Crippen LogP contribution in [-0.2, 0) is 10.4 Å². The van der Waals surface area contributed by atoms with E-state index in [4.69, 9.17) is 17.5 Å². The van der Waals surface area contributed by atoms with Crippen LogP contribution in [0.5, 0.6) is 0 Å². The van der Waals surface area contributed by atoms with Gasteiger partial charge in [-0.3, -0.25) is 9.11 Å². The second kappa shape index (κ2) is 9.05. The Kier molecular flexibility index (Phi) is 12.2. The summed E-state index contributed by atoms with van der Waals surface area (Å²) < 4.78 is 157. The average Bonchev–Trinajstić information content (AvgIpc) is 1.91. The Balaban J connectivity index is -0.0000000693. The smallest absolute Gasteiger partial charge is 1.00 e. The Morgan fingerprint density at radius 2 is 0.591 bits per heavy atom. The Hall–Kier alpha value is -0.373. The van der Waals surface area contributed by atoms with Crippen molar-refractivity contribution >= 4 is 10.4 Å². The summed E-state index contributed by atoms with van der Waals surface area (Å²) in [5, 5.41) is 0. The molecular formula is C4H3F12LiO4S. The fraction of sp³-hybridized carbons (Fsp3) is 1.00. The molecule has 134 valence electrons. The van der Waals surface area contributed by atoms with Crippen molar-refractivity contribution in [1.29, 1.82) is 0 Å². The van der Waals surface area contributed by atoms with Crippen molar-refractivity contribution in [3.8, 4) is 0 Å². The maximum absolute atomic E-state index is 10.4. The van der Waals surface area contributed by atoms with Crippen LogP contribution in [0.3, 0.4) is 0 Å². The first-order chi connectivity index (χ1) is 8.50. The molecule has 0 aromatic heterocycles. The van der Waals surface area contributed by atoms with Gasteiger partial charge in [-0.1, -0.05) is 0 Å². The number of hydrogen-bond donors (Lipinski definition) is 2. The molecule has 22 heavy (non-hydrogen) atoms. The Morgan fingerprint density at radius 3 is 0.591 bits per heavy atom. The van der Waals surface area contributed by atoms with Crippen molar-refractivity contribution in [3.05, 3.63) is 0 Å². The van der Waals surface area contributed by atoms with E-state index in [9.17, 15) is 52.7 Å². The van der Waals surface area contributed by atoms with Gasteiger partial charge < -0.3 is 1.43 Å². The average molecular weight is 382 g/mol. The molecular weight excluding hydrogens is 379 g/mol. The zero-order valence-corrected chi connectivity index (χ0v) is 10.5. The van der Waals surface area contributed by atoms with Crippen LogP contribution in [0.1, 0.15) is 1.43 Å². The maximum atomic E-state index is 10.4. The molecule has 0 spiro atoms. The van der Waals surface area contributed by atoms with Gasteiger partial charge in [0.25, 0.3) is 0 Å². The van der Waals surface area contributed by atoms with Gasteiger partial charge in [0.2, 0.25) is 0 Å². The normalized spacial score (nSPS) is 13.0. The summed E-state index contributed by atoms with van der Waals surface area (Å²) in [6.45, 7) is 0. The summed E-state index contributed by atoms with van der Waals surface area (Å²) in [4.78, 5) is 0. The quantitative estimate of drug-likeness (QED) is 0.367. The van der Waals surface area contributed by atoms with E-state index in [2.05, 4.69) is 0 Å². The third kappa shape index (κ3) is 21.9. The molecule has 2 N–H and O–H groups in total. The number of alkyl halides is 12. The van der Waals surface area contributed by atoms with Gasteiger partial charge in [-0.2, -0.15) is 61.1 Å². The van der Waals surface area contributed by atoms with Crippen LogP contribution in [0.15, 0.2) is 0 Å². The van der Waals surface area contributed by atoms with Gasteiger partial charge >= 0.3 is 54.0 Å². The van der Waals surface area contributed by atoms with Gasteiger partial charge in [-0.25, -0.2) is 0 Å². The molecule has 0 saturated heterocycles. The van der Waals surface area contributed by atoms with E-state index in [1.165, 1.54) is 0 Å². The Morgan fingerprint density at radius 1 is 0.545 bits per heavy atom. The largest absolute Gasteiger partial charge is 1.00 e. The fourth-order valence-electron chi connectivity index (χ4n) is 0. The first-order valence-corrected chi connectivity index (χ1v) is 4.86. The summed E-state index contributed by atoms with van der Waals surface area (Å²) in [7, 11) is -4.67. The van der Waals surface area contributed by atoms with Gasteiger partial charge in [0.05, 0.1) is 0 Å². The van der Waals surface area contributed by atoms with Crippen molar-refractivity contribution in [2.75, 3.05) is 0 Å². The molecule has 0 radical (unpaired) electrons. The molecule has 0 amide bonds. The van der Waals surface area contributed by atoms with Crippen LogP contribution in [0.25, 0.3) is 0 Å². The Bertz CT molecular complexity index is 337. The molecule has 0 aromatic rings. The summed E-state index contributed by atoms with van der Waals surface area (Å²) in [6.07, 6.45) is -24.2. The van der Waals surface area contributed by atoms with Crippen molar-refractivity contribution in [2.45, 2.75) is 24.7 Å². The van der Waals surface area contributed by atoms with E-state index >= 15 is 0 Å². The van der Waals surface area contributed by atoms with Crippen LogP contribution in [0.4, 0.5) is 52.7 Å². The SMILES string of the molecule is FC(F)(F)C(F)(F)F.FC(F)(F)C(F)(F)F.O=S(=O)(O)O.[H-].[Li+]. The first kappa shape index (κ1) is 29.6. The zero-order chi connectivity index (χ0) is 18.5. The molecule has 0 saturated carbocycles. The molecule has 0 aliphatic heterocycles. The Labute approximate surface area is 126 Å². The van der Waals surface area contributed by atoms with Crippen molar-refractivity contribution in [3.63, 3.8) is 0 Å². The second-order valence-corrected chi connectivity index (χ2v) is 3.33. The monoisotopic (exact) mass is 382 g/mol. The van der Waals surface area contributed by atoms with Crippen LogP contribution in [-0.4, -0.2) is 42.2 Å². The number of halogens is 12. The molecule has 0 unspecified atom stereocenters. The van der Waals surface area contributed by atoms with Crippen LogP contribution < -0.4 is 18.9 Å². The number of hydrogen-bond acceptors (Lipinski definition) is 2. The summed E-state index contributed by atoms with van der Waals surface area (Å²) in [5.41, 5.74) is 0. The summed E-state index contributed by atoms with van der Waals surface area (Å²) in [6, 6.07) is 0. The maximum Gasteiger partial charge on any atom is 1.00 e. The third-order valence-electron chi connectivity index (χ3n) is 0.643. The molecule has 0 atom stereocenters. The molecule has 0 rings (SSSR count). The molecule has 18 heteroatoms. The van der Waals surface area contributed by atoms with E-state index in [0.29, 0.717) is 0 Å². The third-order valence-corrected chi connectivity index (χ3v) is 0.643. The van der Waals surface area contributed by atoms with Gasteiger partial charge in [-0.05, 0) is 0 Å². The molecule has 0 aliphatic rings. The van der Waals surface area contributed by atoms with Crippen molar-refractivity contribution in [1.82, 2.24) is 0 Å². The molecule has 0 fully saturated rings. The molecule has 0 aliphatic carbocycles. The van der Waals surface area contributed by atoms with Crippen molar-refractivity contribution in [2.24, 2.45) is 0 Å². The number of rotatable bonds is 0. The minimum atomic E-state index is -6.06. The van der Waals surface area contributed by atoms with Crippen LogP contribution in [0.2, 0.25) is 0 Å². The van der Waals surface area contributed by atoms with Gasteiger partial charge in [0.1, 0.15) is 0 Å². The van der Waals surface area contributed by atoms with E-state index < -0.39 is 35.1 Å². The minimum absolute atomic E-state index is 0. The van der Waals surface area contributed by atoms with Crippen LogP contribution in [0, 0.1) is 0 Å². The van der Waals surface area contributed by atoms with E-state index in [0.717, 1.165) is 0 Å². The van der Waals surface area contributed by atoms with Crippen LogP contribution >= 0.6 is 0 Å². The standard InChI is InChI=1S/2C2F6.Li.H2O4S.H/c2*3-1(4,5)2(6,7)8;;1-5(2,3)4;/h;;;(H2,1,2,3,4);/q;;+1;;-1. The van der Waals surface area contributed by atoms with Crippen molar-refractivity contribution < 1.29 is 90.5 Å². The van der Waals surface area contributed by atoms with Gasteiger partial charge in [0, 0.05) is 0 Å². The first-order valence-electron chi connectivity index (χ1n) is 3.47. The predicted octanol–water partition coefficient (Wildman–Crippen LogP) is 0.686. The molecule has 0 heterocycles. The minimum Gasteiger partial charge on any atom is -1.00 e. The van der Waals surface area contributed by atoms with E-state index in [-0.39, 0.29) is 20.3 Å². The summed E-state index contributed by atoms with van der Waals surface area (Å²) in [5.74, 6) is 0.